The van der Waals surface area contributed by atoms with Crippen molar-refractivity contribution in [2.24, 2.45) is 0 Å². The van der Waals surface area contributed by atoms with Gasteiger partial charge in [-0.2, -0.15) is 0 Å². The summed E-state index contributed by atoms with van der Waals surface area (Å²) < 4.78 is 7.83. The summed E-state index contributed by atoms with van der Waals surface area (Å²) >= 11 is 0. The third-order valence-electron chi connectivity index (χ3n) is 5.36. The first-order valence-corrected chi connectivity index (χ1v) is 10.4. The lowest BCUT2D eigenvalue weighted by molar-refractivity contribution is -0.132. The van der Waals surface area contributed by atoms with E-state index in [0.717, 1.165) is 16.9 Å². The summed E-state index contributed by atoms with van der Waals surface area (Å²) in [4.78, 5) is 32.1. The van der Waals surface area contributed by atoms with Crippen LogP contribution in [0.3, 0.4) is 0 Å². The Labute approximate surface area is 185 Å². The number of carbonyl (C=O) groups excluding carboxylic acids is 1. The van der Waals surface area contributed by atoms with Crippen molar-refractivity contribution < 1.29 is 9.53 Å². The van der Waals surface area contributed by atoms with Crippen LogP contribution in [0, 0.1) is 6.92 Å². The number of carbonyl (C=O) groups is 1. The highest BCUT2D eigenvalue weighted by atomic mass is 16.5. The second-order valence-corrected chi connectivity index (χ2v) is 7.44. The van der Waals surface area contributed by atoms with Crippen molar-refractivity contribution in [2.45, 2.75) is 26.9 Å². The summed E-state index contributed by atoms with van der Waals surface area (Å²) in [6.07, 6.45) is 0. The summed E-state index contributed by atoms with van der Waals surface area (Å²) in [6.45, 7) is 4.57. The van der Waals surface area contributed by atoms with E-state index in [9.17, 15) is 9.59 Å². The fraction of sp³-hybridized carbons (Fsp3) is 0.250. The van der Waals surface area contributed by atoms with Crippen molar-refractivity contribution in [3.8, 4) is 17.0 Å². The van der Waals surface area contributed by atoms with Gasteiger partial charge in [0.2, 0.25) is 5.91 Å². The molecule has 2 heterocycles. The maximum Gasteiger partial charge on any atom is 0.352 e. The highest BCUT2D eigenvalue weighted by Crippen LogP contribution is 2.21. The lowest BCUT2D eigenvalue weighted by atomic mass is 10.1. The molecule has 8 heteroatoms. The Hall–Kier alpha value is -3.94. The van der Waals surface area contributed by atoms with E-state index in [2.05, 4.69) is 10.1 Å². The summed E-state index contributed by atoms with van der Waals surface area (Å²) in [6, 6.07) is 19.0. The van der Waals surface area contributed by atoms with E-state index >= 15 is 0 Å². The lowest BCUT2D eigenvalue weighted by Crippen LogP contribution is -2.36. The van der Waals surface area contributed by atoms with Crippen molar-refractivity contribution in [2.75, 3.05) is 13.7 Å². The van der Waals surface area contributed by atoms with Gasteiger partial charge in [0.25, 0.3) is 0 Å². The van der Waals surface area contributed by atoms with Crippen LogP contribution < -0.4 is 10.4 Å². The fourth-order valence-corrected chi connectivity index (χ4v) is 3.62. The first-order chi connectivity index (χ1) is 15.5. The van der Waals surface area contributed by atoms with Crippen molar-refractivity contribution >= 4 is 11.6 Å². The Morgan fingerprint density at radius 1 is 1.09 bits per heavy atom. The standard InChI is InChI=1S/C24H25N5O3/c1-4-27(15-18-8-6-5-7-9-18)23(30)16-28-24(31)29-17(2)25-21(14-22(29)26-28)19-10-12-20(32-3)13-11-19/h5-14H,4,15-16H2,1-3H3. The van der Waals surface area contributed by atoms with Crippen molar-refractivity contribution in [1.29, 1.82) is 0 Å². The lowest BCUT2D eigenvalue weighted by Gasteiger charge is -2.20. The molecule has 2 aromatic carbocycles. The zero-order valence-electron chi connectivity index (χ0n) is 18.4. The number of aromatic nitrogens is 4. The summed E-state index contributed by atoms with van der Waals surface area (Å²) in [7, 11) is 1.61. The van der Waals surface area contributed by atoms with Gasteiger partial charge in [-0.15, -0.1) is 5.10 Å². The molecular weight excluding hydrogens is 406 g/mol. The van der Waals surface area contributed by atoms with Crippen LogP contribution >= 0.6 is 0 Å². The van der Waals surface area contributed by atoms with Crippen LogP contribution in [-0.4, -0.2) is 43.6 Å². The SMILES string of the molecule is CCN(Cc1ccccc1)C(=O)Cn1nc2cc(-c3ccc(OC)cc3)nc(C)n2c1=O. The number of hydrogen-bond acceptors (Lipinski definition) is 5. The largest absolute Gasteiger partial charge is 0.497 e. The molecule has 164 valence electrons. The van der Waals surface area contributed by atoms with Crippen molar-refractivity contribution in [3.05, 3.63) is 82.5 Å². The molecule has 0 unspecified atom stereocenters. The predicted molar refractivity (Wildman–Crippen MR) is 122 cm³/mol. The number of ether oxygens (including phenoxy) is 1. The second kappa shape index (κ2) is 9.05. The molecule has 0 N–H and O–H groups in total. The molecule has 4 rings (SSSR count). The summed E-state index contributed by atoms with van der Waals surface area (Å²) in [5.41, 5.74) is 2.69. The first-order valence-electron chi connectivity index (χ1n) is 10.4. The molecule has 1 amide bonds. The van der Waals surface area contributed by atoms with Crippen LogP contribution in [0.4, 0.5) is 0 Å². The number of aryl methyl sites for hydroxylation is 1. The zero-order valence-corrected chi connectivity index (χ0v) is 18.4. The van der Waals surface area contributed by atoms with E-state index in [1.54, 1.807) is 25.0 Å². The van der Waals surface area contributed by atoms with Crippen LogP contribution in [0.2, 0.25) is 0 Å². The molecule has 0 atom stereocenters. The Morgan fingerprint density at radius 3 is 2.47 bits per heavy atom. The van der Waals surface area contributed by atoms with Gasteiger partial charge >= 0.3 is 5.69 Å². The molecular formula is C24H25N5O3. The Balaban J connectivity index is 1.61. The fourth-order valence-electron chi connectivity index (χ4n) is 3.62. The van der Waals surface area contributed by atoms with Gasteiger partial charge < -0.3 is 9.64 Å². The van der Waals surface area contributed by atoms with Gasteiger partial charge in [0, 0.05) is 24.7 Å². The third-order valence-corrected chi connectivity index (χ3v) is 5.36. The maximum absolute atomic E-state index is 12.9. The number of nitrogens with zero attached hydrogens (tertiary/aromatic N) is 5. The molecule has 0 aliphatic heterocycles. The molecule has 8 nitrogen and oxygen atoms in total. The first kappa shape index (κ1) is 21.3. The van der Waals surface area contributed by atoms with Crippen molar-refractivity contribution in [1.82, 2.24) is 24.1 Å². The van der Waals surface area contributed by atoms with E-state index in [0.29, 0.717) is 30.3 Å². The van der Waals surface area contributed by atoms with E-state index < -0.39 is 0 Å². The number of likely N-dealkylation sites (N-methyl/N-ethyl adjacent to an activating group) is 1. The number of amides is 1. The number of methoxy groups -OCH3 is 1. The van der Waals surface area contributed by atoms with Gasteiger partial charge in [0.05, 0.1) is 12.8 Å². The smallest absolute Gasteiger partial charge is 0.352 e. The Bertz CT molecular complexity index is 1290. The molecule has 0 radical (unpaired) electrons. The van der Waals surface area contributed by atoms with Crippen LogP contribution in [0.15, 0.2) is 65.5 Å². The van der Waals surface area contributed by atoms with E-state index in [-0.39, 0.29) is 18.1 Å². The Morgan fingerprint density at radius 2 is 1.81 bits per heavy atom. The minimum absolute atomic E-state index is 0.126. The third kappa shape index (κ3) is 4.25. The number of fused-ring (bicyclic) bond motifs is 1. The van der Waals surface area contributed by atoms with Crippen molar-refractivity contribution in [3.63, 3.8) is 0 Å². The van der Waals surface area contributed by atoms with E-state index in [1.165, 1.54) is 9.08 Å². The molecule has 2 aromatic heterocycles. The van der Waals surface area contributed by atoms with Crippen LogP contribution in [0.25, 0.3) is 16.9 Å². The van der Waals surface area contributed by atoms with E-state index in [1.807, 2.05) is 61.5 Å². The molecule has 4 aromatic rings. The van der Waals surface area contributed by atoms with Gasteiger partial charge in [0.15, 0.2) is 5.65 Å². The number of benzene rings is 2. The molecule has 0 saturated carbocycles. The minimum Gasteiger partial charge on any atom is -0.497 e. The maximum atomic E-state index is 12.9. The molecule has 0 saturated heterocycles. The molecule has 0 bridgehead atoms. The molecule has 0 fully saturated rings. The molecule has 0 aliphatic carbocycles. The normalized spacial score (nSPS) is 11.0. The second-order valence-electron chi connectivity index (χ2n) is 7.44. The molecule has 0 spiro atoms. The molecule has 32 heavy (non-hydrogen) atoms. The average Bonchev–Trinajstić information content (AvgIpc) is 3.13. The Kier molecular flexibility index (Phi) is 6.02. The minimum atomic E-state index is -0.379. The number of hydrogen-bond donors (Lipinski definition) is 0. The van der Waals surface area contributed by atoms with Crippen LogP contribution in [-0.2, 0) is 17.9 Å². The van der Waals surface area contributed by atoms with Gasteiger partial charge in [-0.3, -0.25) is 4.79 Å². The van der Waals surface area contributed by atoms with E-state index in [4.69, 9.17) is 4.74 Å². The predicted octanol–water partition coefficient (Wildman–Crippen LogP) is 2.92. The topological polar surface area (TPSA) is 81.7 Å². The zero-order chi connectivity index (χ0) is 22.7. The van der Waals surface area contributed by atoms with Gasteiger partial charge in [-0.05, 0) is 43.7 Å². The summed E-state index contributed by atoms with van der Waals surface area (Å²) in [5, 5.41) is 4.41. The van der Waals surface area contributed by atoms with Crippen LogP contribution in [0.1, 0.15) is 18.3 Å². The van der Waals surface area contributed by atoms with Gasteiger partial charge in [0.1, 0.15) is 18.1 Å². The number of rotatable bonds is 7. The summed E-state index contributed by atoms with van der Waals surface area (Å²) in [5.74, 6) is 1.10. The highest BCUT2D eigenvalue weighted by Gasteiger charge is 2.18. The quantitative estimate of drug-likeness (QED) is 0.449. The highest BCUT2D eigenvalue weighted by molar-refractivity contribution is 5.76. The van der Waals surface area contributed by atoms with Gasteiger partial charge in [-0.1, -0.05) is 30.3 Å². The molecule has 0 aliphatic rings. The van der Waals surface area contributed by atoms with Gasteiger partial charge in [-0.25, -0.2) is 18.9 Å². The van der Waals surface area contributed by atoms with Crippen LogP contribution in [0.5, 0.6) is 5.75 Å². The average molecular weight is 431 g/mol. The monoisotopic (exact) mass is 431 g/mol.